The third kappa shape index (κ3) is 5.01. The Bertz CT molecular complexity index is 1260. The number of para-hydroxylation sites is 1. The van der Waals surface area contributed by atoms with Crippen molar-refractivity contribution in [3.8, 4) is 5.75 Å². The minimum absolute atomic E-state index is 0.0477. The van der Waals surface area contributed by atoms with Gasteiger partial charge in [0.25, 0.3) is 0 Å². The molecule has 2 atom stereocenters. The molecule has 0 aromatic heterocycles. The number of methoxy groups -OCH3 is 1. The number of piperazine rings is 1. The third-order valence-electron chi connectivity index (χ3n) is 7.26. The second-order valence-corrected chi connectivity index (χ2v) is 9.37. The van der Waals surface area contributed by atoms with Crippen LogP contribution in [0.5, 0.6) is 5.75 Å². The van der Waals surface area contributed by atoms with Crippen molar-refractivity contribution in [2.75, 3.05) is 43.1 Å². The maximum atomic E-state index is 14.3. The first-order valence-corrected chi connectivity index (χ1v) is 12.5. The summed E-state index contributed by atoms with van der Waals surface area (Å²) in [6, 6.07) is 19.2. The van der Waals surface area contributed by atoms with E-state index in [4.69, 9.17) is 4.74 Å². The van der Waals surface area contributed by atoms with Crippen molar-refractivity contribution in [3.05, 3.63) is 90.0 Å². The Morgan fingerprint density at radius 3 is 2.22 bits per heavy atom. The van der Waals surface area contributed by atoms with E-state index in [9.17, 15) is 18.4 Å². The fourth-order valence-corrected chi connectivity index (χ4v) is 5.35. The highest BCUT2D eigenvalue weighted by Crippen LogP contribution is 2.41. The zero-order valence-corrected chi connectivity index (χ0v) is 20.6. The van der Waals surface area contributed by atoms with Gasteiger partial charge >= 0.3 is 0 Å². The molecule has 2 saturated heterocycles. The van der Waals surface area contributed by atoms with Crippen LogP contribution in [0.1, 0.15) is 24.4 Å². The molecule has 0 bridgehead atoms. The van der Waals surface area contributed by atoms with E-state index in [1.165, 1.54) is 18.2 Å². The lowest BCUT2D eigenvalue weighted by Gasteiger charge is -2.44. The number of piperidine rings is 1. The number of anilines is 2. The van der Waals surface area contributed by atoms with Crippen molar-refractivity contribution < 1.29 is 23.1 Å². The number of carbonyl (C=O) groups is 2. The van der Waals surface area contributed by atoms with Crippen LogP contribution in [0.2, 0.25) is 0 Å². The minimum Gasteiger partial charge on any atom is -0.497 e. The molecule has 2 fully saturated rings. The van der Waals surface area contributed by atoms with E-state index in [0.29, 0.717) is 55.3 Å². The quantitative estimate of drug-likeness (QED) is 0.500. The van der Waals surface area contributed by atoms with Crippen LogP contribution in [-0.2, 0) is 9.59 Å². The van der Waals surface area contributed by atoms with Gasteiger partial charge in [-0.2, -0.15) is 0 Å². The van der Waals surface area contributed by atoms with Gasteiger partial charge in [-0.1, -0.05) is 24.3 Å². The fraction of sp³-hybridized carbons (Fsp3) is 0.310. The van der Waals surface area contributed by atoms with Crippen molar-refractivity contribution in [2.45, 2.75) is 18.9 Å². The van der Waals surface area contributed by atoms with Gasteiger partial charge in [0.05, 0.1) is 24.8 Å². The summed E-state index contributed by atoms with van der Waals surface area (Å²) >= 11 is 0. The summed E-state index contributed by atoms with van der Waals surface area (Å²) in [7, 11) is 1.57. The number of hydrogen-bond acceptors (Lipinski definition) is 4. The van der Waals surface area contributed by atoms with Gasteiger partial charge in [0.15, 0.2) is 0 Å². The molecule has 2 aliphatic rings. The fourth-order valence-electron chi connectivity index (χ4n) is 5.35. The Balaban J connectivity index is 1.42. The van der Waals surface area contributed by atoms with Crippen LogP contribution in [0.3, 0.4) is 0 Å². The molecule has 37 heavy (non-hydrogen) atoms. The predicted molar refractivity (Wildman–Crippen MR) is 138 cm³/mol. The summed E-state index contributed by atoms with van der Waals surface area (Å²) in [4.78, 5) is 32.5. The lowest BCUT2D eigenvalue weighted by atomic mass is 9.82. The van der Waals surface area contributed by atoms with Gasteiger partial charge in [-0.25, -0.2) is 8.78 Å². The normalized spacial score (nSPS) is 20.2. The van der Waals surface area contributed by atoms with Gasteiger partial charge in [0.2, 0.25) is 11.8 Å². The summed E-state index contributed by atoms with van der Waals surface area (Å²) < 4.78 is 33.3. The summed E-state index contributed by atoms with van der Waals surface area (Å²) in [6.45, 7) is 1.94. The molecule has 2 amide bonds. The molecular formula is C29H29F2N3O3. The monoisotopic (exact) mass is 505 g/mol. The molecule has 0 radical (unpaired) electrons. The van der Waals surface area contributed by atoms with Crippen LogP contribution >= 0.6 is 0 Å². The van der Waals surface area contributed by atoms with Crippen molar-refractivity contribution in [1.29, 1.82) is 0 Å². The number of ether oxygens (including phenoxy) is 1. The molecule has 0 saturated carbocycles. The van der Waals surface area contributed by atoms with Crippen LogP contribution < -0.4 is 14.5 Å². The van der Waals surface area contributed by atoms with Gasteiger partial charge in [0, 0.05) is 38.3 Å². The van der Waals surface area contributed by atoms with Gasteiger partial charge in [-0.3, -0.25) is 9.59 Å². The van der Waals surface area contributed by atoms with Crippen LogP contribution in [0.4, 0.5) is 20.2 Å². The second kappa shape index (κ2) is 10.6. The Hall–Kier alpha value is -3.94. The first-order valence-electron chi connectivity index (χ1n) is 12.5. The van der Waals surface area contributed by atoms with Crippen molar-refractivity contribution in [2.24, 2.45) is 5.92 Å². The van der Waals surface area contributed by atoms with Crippen LogP contribution in [0.25, 0.3) is 0 Å². The molecule has 8 heteroatoms. The van der Waals surface area contributed by atoms with E-state index in [-0.39, 0.29) is 29.9 Å². The molecule has 0 N–H and O–H groups in total. The molecule has 0 spiro atoms. The number of rotatable bonds is 5. The van der Waals surface area contributed by atoms with Crippen molar-refractivity contribution in [1.82, 2.24) is 4.90 Å². The molecule has 2 heterocycles. The number of benzene rings is 3. The number of hydrogen-bond donors (Lipinski definition) is 0. The number of nitrogens with zero attached hydrogens (tertiary/aromatic N) is 3. The van der Waals surface area contributed by atoms with E-state index >= 15 is 0 Å². The molecular weight excluding hydrogens is 476 g/mol. The van der Waals surface area contributed by atoms with Gasteiger partial charge in [-0.15, -0.1) is 0 Å². The van der Waals surface area contributed by atoms with E-state index in [1.807, 2.05) is 4.90 Å². The van der Waals surface area contributed by atoms with Gasteiger partial charge in [-0.05, 0) is 60.5 Å². The zero-order valence-electron chi connectivity index (χ0n) is 20.6. The number of carbonyl (C=O) groups excluding carboxylic acids is 2. The molecule has 0 unspecified atom stereocenters. The average molecular weight is 506 g/mol. The summed E-state index contributed by atoms with van der Waals surface area (Å²) in [5.74, 6) is -0.632. The largest absolute Gasteiger partial charge is 0.497 e. The predicted octanol–water partition coefficient (Wildman–Crippen LogP) is 4.81. The first-order chi connectivity index (χ1) is 18.0. The topological polar surface area (TPSA) is 53.1 Å². The average Bonchev–Trinajstić information content (AvgIpc) is 2.93. The maximum absolute atomic E-state index is 14.3. The second-order valence-electron chi connectivity index (χ2n) is 9.37. The summed E-state index contributed by atoms with van der Waals surface area (Å²) in [5.41, 5.74) is 1.89. The lowest BCUT2D eigenvalue weighted by Crippen LogP contribution is -2.54. The highest BCUT2D eigenvalue weighted by molar-refractivity contribution is 5.97. The standard InChI is InChI=1S/C29H29F2N3O3/c1-37-23-12-10-22(11-13-23)34-27(35)15-14-24(28(34)20-6-8-21(30)9-7-20)29(36)33-18-16-32(17-19-33)26-5-3-2-4-25(26)31/h2-13,24,28H,14-19H2,1H3/t24-,28-/m1/s1. The Labute approximate surface area is 215 Å². The molecule has 6 nitrogen and oxygen atoms in total. The number of halogens is 2. The van der Waals surface area contributed by atoms with Crippen molar-refractivity contribution >= 4 is 23.2 Å². The molecule has 3 aromatic carbocycles. The Morgan fingerprint density at radius 2 is 1.57 bits per heavy atom. The zero-order chi connectivity index (χ0) is 25.9. The van der Waals surface area contributed by atoms with Crippen LogP contribution in [0.15, 0.2) is 72.8 Å². The molecule has 5 rings (SSSR count). The molecule has 3 aromatic rings. The van der Waals surface area contributed by atoms with E-state index in [0.717, 1.165) is 0 Å². The first kappa shape index (κ1) is 24.7. The van der Waals surface area contributed by atoms with Crippen molar-refractivity contribution in [3.63, 3.8) is 0 Å². The highest BCUT2D eigenvalue weighted by Gasteiger charge is 2.43. The van der Waals surface area contributed by atoms with E-state index in [2.05, 4.69) is 0 Å². The Kier molecular flexibility index (Phi) is 7.08. The summed E-state index contributed by atoms with van der Waals surface area (Å²) in [6.07, 6.45) is 0.634. The molecule has 192 valence electrons. The lowest BCUT2D eigenvalue weighted by molar-refractivity contribution is -0.138. The van der Waals surface area contributed by atoms with Crippen LogP contribution in [0, 0.1) is 17.6 Å². The minimum atomic E-state index is -0.577. The van der Waals surface area contributed by atoms with E-state index < -0.39 is 12.0 Å². The Morgan fingerprint density at radius 1 is 0.892 bits per heavy atom. The SMILES string of the molecule is COc1ccc(N2C(=O)CC[C@@H](C(=O)N3CCN(c4ccccc4F)CC3)[C@H]2c2ccc(F)cc2)cc1. The maximum Gasteiger partial charge on any atom is 0.228 e. The van der Waals surface area contributed by atoms with Gasteiger partial charge in [0.1, 0.15) is 17.4 Å². The third-order valence-corrected chi connectivity index (χ3v) is 7.26. The van der Waals surface area contributed by atoms with Gasteiger partial charge < -0.3 is 19.4 Å². The van der Waals surface area contributed by atoms with E-state index in [1.54, 1.807) is 71.5 Å². The smallest absolute Gasteiger partial charge is 0.228 e. The van der Waals surface area contributed by atoms with Crippen LogP contribution in [-0.4, -0.2) is 50.0 Å². The molecule has 0 aliphatic carbocycles. The summed E-state index contributed by atoms with van der Waals surface area (Å²) in [5, 5.41) is 0. The highest BCUT2D eigenvalue weighted by atomic mass is 19.1. The number of amides is 2. The molecule has 2 aliphatic heterocycles.